The summed E-state index contributed by atoms with van der Waals surface area (Å²) in [5.41, 5.74) is 0.0706. The van der Waals surface area contributed by atoms with Crippen LogP contribution < -0.4 is 4.72 Å². The van der Waals surface area contributed by atoms with Crippen LogP contribution in [0.4, 0.5) is 0 Å². The van der Waals surface area contributed by atoms with Crippen molar-refractivity contribution in [1.82, 2.24) is 14.9 Å². The lowest BCUT2D eigenvalue weighted by Gasteiger charge is -2.12. The molecule has 4 rings (SSSR count). The highest BCUT2D eigenvalue weighted by Gasteiger charge is 2.29. The van der Waals surface area contributed by atoms with Crippen LogP contribution >= 0.6 is 15.9 Å². The number of benzene rings is 1. The second kappa shape index (κ2) is 7.73. The van der Waals surface area contributed by atoms with Crippen LogP contribution in [-0.2, 0) is 14.8 Å². The van der Waals surface area contributed by atoms with Crippen LogP contribution in [0.5, 0.6) is 0 Å². The second-order valence-corrected chi connectivity index (χ2v) is 9.09. The maximum Gasteiger partial charge on any atom is 0.340 e. The zero-order chi connectivity index (χ0) is 20.6. The van der Waals surface area contributed by atoms with Crippen LogP contribution in [0.3, 0.4) is 0 Å². The first-order valence-corrected chi connectivity index (χ1v) is 11.0. The van der Waals surface area contributed by atoms with Crippen molar-refractivity contribution in [3.63, 3.8) is 0 Å². The molecule has 0 saturated heterocycles. The zero-order valence-corrected chi connectivity index (χ0v) is 17.6. The predicted molar refractivity (Wildman–Crippen MR) is 103 cm³/mol. The molecule has 1 atom stereocenters. The number of hydrogen-bond acceptors (Lipinski definition) is 8. The van der Waals surface area contributed by atoms with E-state index < -0.39 is 22.1 Å². The van der Waals surface area contributed by atoms with E-state index in [9.17, 15) is 13.2 Å². The average molecular weight is 482 g/mol. The normalized spacial score (nSPS) is 15.2. The van der Waals surface area contributed by atoms with Gasteiger partial charge in [0.15, 0.2) is 11.9 Å². The Balaban J connectivity index is 1.51. The molecule has 0 amide bonds. The Labute approximate surface area is 174 Å². The summed E-state index contributed by atoms with van der Waals surface area (Å²) >= 11 is 3.26. The fourth-order valence-corrected chi connectivity index (χ4v) is 4.24. The van der Waals surface area contributed by atoms with Crippen molar-refractivity contribution in [2.24, 2.45) is 0 Å². The Bertz CT molecular complexity index is 1140. The molecule has 1 aliphatic carbocycles. The largest absolute Gasteiger partial charge is 0.461 e. The molecule has 3 aromatic rings. The number of halogens is 1. The summed E-state index contributed by atoms with van der Waals surface area (Å²) in [5, 5.41) is 3.79. The van der Waals surface area contributed by atoms with Gasteiger partial charge >= 0.3 is 5.97 Å². The van der Waals surface area contributed by atoms with Gasteiger partial charge < -0.3 is 13.7 Å². The molecule has 0 radical (unpaired) electrons. The first-order valence-electron chi connectivity index (χ1n) is 8.74. The van der Waals surface area contributed by atoms with Gasteiger partial charge in [-0.1, -0.05) is 5.16 Å². The summed E-state index contributed by atoms with van der Waals surface area (Å²) in [4.78, 5) is 16.8. The fraction of sp³-hybridized carbons (Fsp3) is 0.278. The van der Waals surface area contributed by atoms with Gasteiger partial charge in [0.1, 0.15) is 0 Å². The summed E-state index contributed by atoms with van der Waals surface area (Å²) in [6.07, 6.45) is 2.25. The number of ether oxygens (including phenoxy) is 1. The predicted octanol–water partition coefficient (Wildman–Crippen LogP) is 3.45. The van der Waals surface area contributed by atoms with Crippen LogP contribution in [0.1, 0.15) is 42.1 Å². The van der Waals surface area contributed by atoms with E-state index in [1.807, 2.05) is 0 Å². The number of carbonyl (C=O) groups excluding carboxylic acids is 1. The van der Waals surface area contributed by atoms with E-state index in [1.165, 1.54) is 24.5 Å². The van der Waals surface area contributed by atoms with Crippen molar-refractivity contribution in [2.45, 2.75) is 36.8 Å². The van der Waals surface area contributed by atoms with Crippen LogP contribution in [0.2, 0.25) is 0 Å². The molecule has 1 N–H and O–H groups in total. The Kier molecular flexibility index (Phi) is 5.28. The molecule has 1 fully saturated rings. The highest BCUT2D eigenvalue weighted by molar-refractivity contribution is 9.10. The second-order valence-electron chi connectivity index (χ2n) is 6.52. The molecule has 1 saturated carbocycles. The SMILES string of the molecule is C[C@@H](OC(=O)c1cc(S(=O)(=O)NC2CC2)ccc1Br)c1nc(-c2ccco2)no1. The maximum absolute atomic E-state index is 12.6. The molecule has 0 unspecified atom stereocenters. The number of nitrogens with one attached hydrogen (secondary N) is 1. The zero-order valence-electron chi connectivity index (χ0n) is 15.2. The van der Waals surface area contributed by atoms with Crippen molar-refractivity contribution in [2.75, 3.05) is 0 Å². The number of aromatic nitrogens is 2. The number of furan rings is 1. The van der Waals surface area contributed by atoms with Gasteiger partial charge in [0.2, 0.25) is 15.8 Å². The number of esters is 1. The molecule has 1 aromatic carbocycles. The molecule has 9 nitrogen and oxygen atoms in total. The van der Waals surface area contributed by atoms with Crippen LogP contribution in [0.15, 0.2) is 54.9 Å². The van der Waals surface area contributed by atoms with E-state index in [2.05, 4.69) is 30.8 Å². The van der Waals surface area contributed by atoms with E-state index in [0.29, 0.717) is 10.2 Å². The molecule has 1 aliphatic rings. The molecule has 152 valence electrons. The molecule has 0 aliphatic heterocycles. The van der Waals surface area contributed by atoms with Crippen LogP contribution in [0, 0.1) is 0 Å². The number of carbonyl (C=O) groups is 1. The fourth-order valence-electron chi connectivity index (χ4n) is 2.50. The summed E-state index contributed by atoms with van der Waals surface area (Å²) < 4.78 is 43.5. The van der Waals surface area contributed by atoms with Crippen molar-refractivity contribution < 1.29 is 26.9 Å². The van der Waals surface area contributed by atoms with Crippen molar-refractivity contribution in [1.29, 1.82) is 0 Å². The number of rotatable bonds is 7. The van der Waals surface area contributed by atoms with Gasteiger partial charge in [0, 0.05) is 10.5 Å². The molecular weight excluding hydrogens is 466 g/mol. The number of nitrogens with zero attached hydrogens (tertiary/aromatic N) is 2. The maximum atomic E-state index is 12.6. The lowest BCUT2D eigenvalue weighted by Crippen LogP contribution is -2.26. The molecule has 0 bridgehead atoms. The highest BCUT2D eigenvalue weighted by Crippen LogP contribution is 2.27. The minimum atomic E-state index is -3.70. The van der Waals surface area contributed by atoms with E-state index in [0.717, 1.165) is 12.8 Å². The van der Waals surface area contributed by atoms with Gasteiger partial charge in [-0.3, -0.25) is 0 Å². The lowest BCUT2D eigenvalue weighted by atomic mass is 10.2. The third-order valence-electron chi connectivity index (χ3n) is 4.18. The summed E-state index contributed by atoms with van der Waals surface area (Å²) in [7, 11) is -3.70. The van der Waals surface area contributed by atoms with Gasteiger partial charge in [-0.05, 0) is 66.0 Å². The van der Waals surface area contributed by atoms with Gasteiger partial charge in [0.05, 0.1) is 16.7 Å². The van der Waals surface area contributed by atoms with Gasteiger partial charge in [0.25, 0.3) is 5.89 Å². The van der Waals surface area contributed by atoms with E-state index >= 15 is 0 Å². The van der Waals surface area contributed by atoms with Crippen LogP contribution in [-0.4, -0.2) is 30.6 Å². The van der Waals surface area contributed by atoms with E-state index in [1.54, 1.807) is 19.1 Å². The molecule has 2 aromatic heterocycles. The Morgan fingerprint density at radius 3 is 2.83 bits per heavy atom. The first kappa shape index (κ1) is 19.8. The average Bonchev–Trinajstić information content (AvgIpc) is 3.14. The number of hydrogen-bond donors (Lipinski definition) is 1. The molecular formula is C18H16BrN3O6S. The third-order valence-corrected chi connectivity index (χ3v) is 6.39. The first-order chi connectivity index (χ1) is 13.8. The molecule has 29 heavy (non-hydrogen) atoms. The molecule has 0 spiro atoms. The highest BCUT2D eigenvalue weighted by atomic mass is 79.9. The van der Waals surface area contributed by atoms with E-state index in [4.69, 9.17) is 13.7 Å². The summed E-state index contributed by atoms with van der Waals surface area (Å²) in [5.74, 6) is 0.00121. The van der Waals surface area contributed by atoms with Crippen molar-refractivity contribution >= 4 is 31.9 Å². The summed E-state index contributed by atoms with van der Waals surface area (Å²) in [6, 6.07) is 7.49. The van der Waals surface area contributed by atoms with Gasteiger partial charge in [-0.25, -0.2) is 17.9 Å². The quantitative estimate of drug-likeness (QED) is 0.508. The standard InChI is InChI=1S/C18H16BrN3O6S/c1-10(17-20-16(21-28-17)15-3-2-8-26-15)27-18(23)13-9-12(6-7-14(13)19)29(24,25)22-11-4-5-11/h2-3,6-11,22H,4-5H2,1H3/t10-/m1/s1. The Hall–Kier alpha value is -2.50. The minimum absolute atomic E-state index is 0.00917. The Morgan fingerprint density at radius 2 is 2.14 bits per heavy atom. The topological polar surface area (TPSA) is 125 Å². The number of sulfonamides is 1. The van der Waals surface area contributed by atoms with Crippen molar-refractivity contribution in [3.8, 4) is 11.6 Å². The molecule has 11 heteroatoms. The third kappa shape index (κ3) is 4.41. The molecule has 2 heterocycles. The van der Waals surface area contributed by atoms with Crippen molar-refractivity contribution in [3.05, 3.63) is 52.5 Å². The van der Waals surface area contributed by atoms with Gasteiger partial charge in [-0.2, -0.15) is 4.98 Å². The monoisotopic (exact) mass is 481 g/mol. The summed E-state index contributed by atoms with van der Waals surface area (Å²) in [6.45, 7) is 1.57. The van der Waals surface area contributed by atoms with E-state index in [-0.39, 0.29) is 28.2 Å². The lowest BCUT2D eigenvalue weighted by molar-refractivity contribution is 0.0264. The minimum Gasteiger partial charge on any atom is -0.461 e. The van der Waals surface area contributed by atoms with Crippen LogP contribution in [0.25, 0.3) is 11.6 Å². The van der Waals surface area contributed by atoms with Gasteiger partial charge in [-0.15, -0.1) is 0 Å². The Morgan fingerprint density at radius 1 is 1.34 bits per heavy atom. The smallest absolute Gasteiger partial charge is 0.340 e.